The molecule has 1 aliphatic heterocycles. The molecule has 0 saturated heterocycles. The quantitative estimate of drug-likeness (QED) is 0.869. The first-order valence-electron chi connectivity index (χ1n) is 6.30. The molecule has 0 amide bonds. The van der Waals surface area contributed by atoms with Crippen LogP contribution in [0.25, 0.3) is 0 Å². The van der Waals surface area contributed by atoms with Crippen LogP contribution in [0.3, 0.4) is 0 Å². The van der Waals surface area contributed by atoms with Gasteiger partial charge in [0.05, 0.1) is 0 Å². The van der Waals surface area contributed by atoms with E-state index in [0.29, 0.717) is 0 Å². The van der Waals surface area contributed by atoms with Gasteiger partial charge >= 0.3 is 0 Å². The molecule has 2 atom stereocenters. The molecule has 1 aliphatic rings. The number of hydrogen-bond donors (Lipinski definition) is 1. The molecule has 94 valence electrons. The van der Waals surface area contributed by atoms with Crippen molar-refractivity contribution in [3.8, 4) is 5.75 Å². The highest BCUT2D eigenvalue weighted by molar-refractivity contribution is 5.39. The van der Waals surface area contributed by atoms with Gasteiger partial charge in [0, 0.05) is 18.0 Å². The maximum atomic E-state index is 13.3. The maximum Gasteiger partial charge on any atom is 0.125 e. The SMILES string of the molecule is CCNC1CC(C)(CC)Oc2ccc(F)cc21. The Morgan fingerprint density at radius 3 is 2.88 bits per heavy atom. The van der Waals surface area contributed by atoms with Gasteiger partial charge in [0.25, 0.3) is 0 Å². The van der Waals surface area contributed by atoms with Gasteiger partial charge in [-0.15, -0.1) is 0 Å². The summed E-state index contributed by atoms with van der Waals surface area (Å²) >= 11 is 0. The van der Waals surface area contributed by atoms with Crippen molar-refractivity contribution in [2.75, 3.05) is 6.54 Å². The number of fused-ring (bicyclic) bond motifs is 1. The van der Waals surface area contributed by atoms with Gasteiger partial charge in [0.1, 0.15) is 17.2 Å². The molecule has 0 radical (unpaired) electrons. The summed E-state index contributed by atoms with van der Waals surface area (Å²) in [5.74, 6) is 0.614. The molecule has 2 nitrogen and oxygen atoms in total. The molecule has 1 N–H and O–H groups in total. The van der Waals surface area contributed by atoms with Crippen LogP contribution < -0.4 is 10.1 Å². The zero-order chi connectivity index (χ0) is 12.5. The number of nitrogens with one attached hydrogen (secondary N) is 1. The van der Waals surface area contributed by atoms with E-state index in [1.54, 1.807) is 12.1 Å². The molecule has 1 aromatic rings. The zero-order valence-electron chi connectivity index (χ0n) is 10.7. The van der Waals surface area contributed by atoms with Gasteiger partial charge in [-0.05, 0) is 38.1 Å². The van der Waals surface area contributed by atoms with Crippen LogP contribution in [0, 0.1) is 5.82 Å². The number of rotatable bonds is 3. The summed E-state index contributed by atoms with van der Waals surface area (Å²) in [4.78, 5) is 0. The second-order valence-electron chi connectivity index (χ2n) is 4.90. The Balaban J connectivity index is 2.38. The Labute approximate surface area is 102 Å². The largest absolute Gasteiger partial charge is 0.487 e. The van der Waals surface area contributed by atoms with E-state index in [4.69, 9.17) is 4.74 Å². The summed E-state index contributed by atoms with van der Waals surface area (Å²) in [5, 5.41) is 3.41. The lowest BCUT2D eigenvalue weighted by atomic mass is 9.86. The lowest BCUT2D eigenvalue weighted by Gasteiger charge is -2.39. The van der Waals surface area contributed by atoms with Crippen molar-refractivity contribution in [2.45, 2.75) is 45.3 Å². The maximum absolute atomic E-state index is 13.3. The smallest absolute Gasteiger partial charge is 0.125 e. The third-order valence-corrected chi connectivity index (χ3v) is 3.54. The molecular formula is C14H20FNO. The third kappa shape index (κ3) is 2.44. The summed E-state index contributed by atoms with van der Waals surface area (Å²) in [5.41, 5.74) is 0.787. The van der Waals surface area contributed by atoms with Gasteiger partial charge in [-0.1, -0.05) is 13.8 Å². The molecule has 1 heterocycles. The summed E-state index contributed by atoms with van der Waals surface area (Å²) in [6, 6.07) is 4.97. The minimum Gasteiger partial charge on any atom is -0.487 e. The number of hydrogen-bond acceptors (Lipinski definition) is 2. The second kappa shape index (κ2) is 4.65. The van der Waals surface area contributed by atoms with Crippen LogP contribution in [0.15, 0.2) is 18.2 Å². The fourth-order valence-electron chi connectivity index (χ4n) is 2.38. The normalized spacial score (nSPS) is 27.4. The topological polar surface area (TPSA) is 21.3 Å². The highest BCUT2D eigenvalue weighted by atomic mass is 19.1. The number of ether oxygens (including phenoxy) is 1. The van der Waals surface area contributed by atoms with E-state index in [9.17, 15) is 4.39 Å². The number of benzene rings is 1. The molecule has 1 aromatic carbocycles. The van der Waals surface area contributed by atoms with Gasteiger partial charge in [-0.25, -0.2) is 4.39 Å². The molecule has 0 saturated carbocycles. The van der Waals surface area contributed by atoms with E-state index >= 15 is 0 Å². The van der Waals surface area contributed by atoms with Crippen LogP contribution >= 0.6 is 0 Å². The summed E-state index contributed by atoms with van der Waals surface area (Å²) in [6.07, 6.45) is 1.83. The number of halogens is 1. The van der Waals surface area contributed by atoms with Gasteiger partial charge in [-0.3, -0.25) is 0 Å². The van der Waals surface area contributed by atoms with Crippen molar-refractivity contribution in [3.63, 3.8) is 0 Å². The van der Waals surface area contributed by atoms with Crippen LogP contribution in [-0.2, 0) is 0 Å². The third-order valence-electron chi connectivity index (χ3n) is 3.54. The van der Waals surface area contributed by atoms with Crippen molar-refractivity contribution >= 4 is 0 Å². The first kappa shape index (κ1) is 12.4. The van der Waals surface area contributed by atoms with Gasteiger partial charge in [-0.2, -0.15) is 0 Å². The van der Waals surface area contributed by atoms with Crippen molar-refractivity contribution in [1.29, 1.82) is 0 Å². The van der Waals surface area contributed by atoms with E-state index < -0.39 is 0 Å². The van der Waals surface area contributed by atoms with E-state index in [2.05, 4.69) is 26.1 Å². The minimum atomic E-state index is -0.199. The molecule has 0 fully saturated rings. The average Bonchev–Trinajstić information content (AvgIpc) is 2.31. The predicted octanol–water partition coefficient (Wildman–Crippen LogP) is 3.43. The minimum absolute atomic E-state index is 0.155. The Morgan fingerprint density at radius 1 is 1.47 bits per heavy atom. The predicted molar refractivity (Wildman–Crippen MR) is 66.8 cm³/mol. The van der Waals surface area contributed by atoms with Crippen molar-refractivity contribution in [2.24, 2.45) is 0 Å². The molecule has 2 unspecified atom stereocenters. The van der Waals surface area contributed by atoms with E-state index in [0.717, 1.165) is 30.7 Å². The van der Waals surface area contributed by atoms with Gasteiger partial charge in [0.2, 0.25) is 0 Å². The Morgan fingerprint density at radius 2 is 2.24 bits per heavy atom. The lowest BCUT2D eigenvalue weighted by molar-refractivity contribution is 0.0443. The van der Waals surface area contributed by atoms with Crippen LogP contribution in [-0.4, -0.2) is 12.1 Å². The van der Waals surface area contributed by atoms with Crippen LogP contribution in [0.4, 0.5) is 4.39 Å². The molecule has 0 spiro atoms. The molecule has 2 rings (SSSR count). The Bertz CT molecular complexity index is 407. The summed E-state index contributed by atoms with van der Waals surface area (Å²) in [7, 11) is 0. The molecule has 3 heteroatoms. The highest BCUT2D eigenvalue weighted by Gasteiger charge is 2.35. The van der Waals surface area contributed by atoms with Gasteiger partial charge < -0.3 is 10.1 Å². The second-order valence-corrected chi connectivity index (χ2v) is 4.90. The Kier molecular flexibility index (Phi) is 3.38. The zero-order valence-corrected chi connectivity index (χ0v) is 10.7. The first-order chi connectivity index (χ1) is 8.08. The van der Waals surface area contributed by atoms with Gasteiger partial charge in [0.15, 0.2) is 0 Å². The molecule has 0 aromatic heterocycles. The Hall–Kier alpha value is -1.09. The highest BCUT2D eigenvalue weighted by Crippen LogP contribution is 2.41. The standard InChI is InChI=1S/C14H20FNO/c1-4-14(3)9-12(16-5-2)11-8-10(15)6-7-13(11)17-14/h6-8,12,16H,4-5,9H2,1-3H3. The van der Waals surface area contributed by atoms with Crippen molar-refractivity contribution in [3.05, 3.63) is 29.6 Å². The summed E-state index contributed by atoms with van der Waals surface area (Å²) in [6.45, 7) is 7.18. The van der Waals surface area contributed by atoms with E-state index in [-0.39, 0.29) is 17.5 Å². The van der Waals surface area contributed by atoms with Crippen LogP contribution in [0.1, 0.15) is 45.2 Å². The van der Waals surface area contributed by atoms with Crippen molar-refractivity contribution < 1.29 is 9.13 Å². The molecule has 17 heavy (non-hydrogen) atoms. The van der Waals surface area contributed by atoms with E-state index in [1.165, 1.54) is 6.07 Å². The monoisotopic (exact) mass is 237 g/mol. The van der Waals surface area contributed by atoms with Crippen LogP contribution in [0.5, 0.6) is 5.75 Å². The van der Waals surface area contributed by atoms with Crippen molar-refractivity contribution in [1.82, 2.24) is 5.32 Å². The summed E-state index contributed by atoms with van der Waals surface area (Å²) < 4.78 is 19.3. The fourth-order valence-corrected chi connectivity index (χ4v) is 2.38. The lowest BCUT2D eigenvalue weighted by Crippen LogP contribution is -2.41. The first-order valence-corrected chi connectivity index (χ1v) is 6.30. The van der Waals surface area contributed by atoms with Crippen LogP contribution in [0.2, 0.25) is 0 Å². The average molecular weight is 237 g/mol. The molecular weight excluding hydrogens is 217 g/mol. The van der Waals surface area contributed by atoms with E-state index in [1.807, 2.05) is 0 Å². The fraction of sp³-hybridized carbons (Fsp3) is 0.571. The molecule has 0 aliphatic carbocycles. The molecule has 0 bridgehead atoms.